The zero-order valence-corrected chi connectivity index (χ0v) is 16.9. The number of rotatable bonds is 6. The SMILES string of the molecule is CCCCCNC(=O)c1nc(C(=O)N2c3ccccc3CC2C)n2ccccc12. The molecule has 1 aromatic carbocycles. The molecule has 4 rings (SSSR count). The minimum Gasteiger partial charge on any atom is -0.351 e. The van der Waals surface area contributed by atoms with Gasteiger partial charge in [0.1, 0.15) is 0 Å². The molecule has 1 unspecified atom stereocenters. The molecule has 0 saturated carbocycles. The molecule has 0 spiro atoms. The normalized spacial score (nSPS) is 15.5. The van der Waals surface area contributed by atoms with Crippen molar-refractivity contribution in [3.63, 3.8) is 0 Å². The number of aromatic nitrogens is 2. The lowest BCUT2D eigenvalue weighted by atomic mass is 10.1. The molecule has 0 saturated heterocycles. The number of pyridine rings is 1. The standard InChI is InChI=1S/C23H26N4O2/c1-3-4-8-13-24-22(28)20-19-12-7-9-14-26(19)21(25-20)23(29)27-16(2)15-17-10-5-6-11-18(17)27/h5-7,9-12,14,16H,3-4,8,13,15H2,1-2H3,(H,24,28). The van der Waals surface area contributed by atoms with Crippen LogP contribution in [0.4, 0.5) is 5.69 Å². The van der Waals surface area contributed by atoms with Gasteiger partial charge in [0.05, 0.1) is 5.52 Å². The largest absolute Gasteiger partial charge is 0.351 e. The van der Waals surface area contributed by atoms with Crippen LogP contribution >= 0.6 is 0 Å². The lowest BCUT2D eigenvalue weighted by Crippen LogP contribution is -2.37. The van der Waals surface area contributed by atoms with Gasteiger partial charge in [-0.1, -0.05) is 44.0 Å². The highest BCUT2D eigenvalue weighted by atomic mass is 16.2. The first-order chi connectivity index (χ1) is 14.1. The van der Waals surface area contributed by atoms with Gasteiger partial charge in [-0.25, -0.2) is 4.98 Å². The summed E-state index contributed by atoms with van der Waals surface area (Å²) in [6, 6.07) is 13.5. The topological polar surface area (TPSA) is 66.7 Å². The molecule has 3 heterocycles. The van der Waals surface area contributed by atoms with Crippen LogP contribution in [-0.2, 0) is 6.42 Å². The van der Waals surface area contributed by atoms with Crippen molar-refractivity contribution in [1.82, 2.24) is 14.7 Å². The van der Waals surface area contributed by atoms with Crippen LogP contribution in [0.25, 0.3) is 5.52 Å². The predicted molar refractivity (Wildman–Crippen MR) is 113 cm³/mol. The molecule has 3 aromatic rings. The average Bonchev–Trinajstić information content (AvgIpc) is 3.28. The Kier molecular flexibility index (Phi) is 5.34. The molecular weight excluding hydrogens is 364 g/mol. The van der Waals surface area contributed by atoms with E-state index in [0.29, 0.717) is 17.8 Å². The maximum atomic E-state index is 13.5. The predicted octanol–water partition coefficient (Wildman–Crippen LogP) is 3.85. The number of hydrogen-bond donors (Lipinski definition) is 1. The molecule has 1 atom stereocenters. The van der Waals surface area contributed by atoms with Crippen LogP contribution in [0.1, 0.15) is 59.8 Å². The van der Waals surface area contributed by atoms with Gasteiger partial charge in [0.15, 0.2) is 5.69 Å². The second-order valence-electron chi connectivity index (χ2n) is 7.56. The van der Waals surface area contributed by atoms with Gasteiger partial charge >= 0.3 is 0 Å². The van der Waals surface area contributed by atoms with Gasteiger partial charge in [-0.05, 0) is 43.5 Å². The lowest BCUT2D eigenvalue weighted by molar-refractivity contribution is 0.0950. The number of carbonyl (C=O) groups excluding carboxylic acids is 2. The molecule has 1 aliphatic rings. The number of para-hydroxylation sites is 1. The van der Waals surface area contributed by atoms with Crippen molar-refractivity contribution in [2.75, 3.05) is 11.4 Å². The summed E-state index contributed by atoms with van der Waals surface area (Å²) in [5, 5.41) is 2.93. The number of nitrogens with one attached hydrogen (secondary N) is 1. The molecule has 6 heteroatoms. The maximum Gasteiger partial charge on any atom is 0.294 e. The summed E-state index contributed by atoms with van der Waals surface area (Å²) in [6.07, 6.45) is 5.70. The molecule has 29 heavy (non-hydrogen) atoms. The Morgan fingerprint density at radius 1 is 1.14 bits per heavy atom. The molecule has 1 N–H and O–H groups in total. The highest BCUT2D eigenvalue weighted by Gasteiger charge is 2.34. The fourth-order valence-corrected chi connectivity index (χ4v) is 4.00. The van der Waals surface area contributed by atoms with E-state index in [1.165, 1.54) is 0 Å². The third-order valence-electron chi connectivity index (χ3n) is 5.45. The smallest absolute Gasteiger partial charge is 0.294 e. The molecule has 1 aliphatic heterocycles. The van der Waals surface area contributed by atoms with Gasteiger partial charge in [-0.2, -0.15) is 0 Å². The van der Waals surface area contributed by atoms with Crippen molar-refractivity contribution in [2.24, 2.45) is 0 Å². The zero-order valence-electron chi connectivity index (χ0n) is 16.9. The molecule has 0 radical (unpaired) electrons. The third kappa shape index (κ3) is 3.50. The first kappa shape index (κ1) is 19.2. The van der Waals surface area contributed by atoms with Crippen LogP contribution < -0.4 is 10.2 Å². The Labute approximate surface area is 170 Å². The number of anilines is 1. The summed E-state index contributed by atoms with van der Waals surface area (Å²) in [7, 11) is 0. The van der Waals surface area contributed by atoms with Crippen molar-refractivity contribution in [2.45, 2.75) is 45.6 Å². The van der Waals surface area contributed by atoms with Crippen LogP contribution in [0, 0.1) is 0 Å². The highest BCUT2D eigenvalue weighted by Crippen LogP contribution is 2.33. The molecule has 0 aliphatic carbocycles. The van der Waals surface area contributed by atoms with Crippen LogP contribution in [-0.4, -0.2) is 33.8 Å². The van der Waals surface area contributed by atoms with Gasteiger partial charge in [0, 0.05) is 24.5 Å². The van der Waals surface area contributed by atoms with Gasteiger partial charge in [-0.3, -0.25) is 14.0 Å². The van der Waals surface area contributed by atoms with E-state index in [-0.39, 0.29) is 23.7 Å². The maximum absolute atomic E-state index is 13.5. The monoisotopic (exact) mass is 390 g/mol. The Morgan fingerprint density at radius 3 is 2.76 bits per heavy atom. The summed E-state index contributed by atoms with van der Waals surface area (Å²) >= 11 is 0. The third-order valence-corrected chi connectivity index (χ3v) is 5.45. The molecule has 0 fully saturated rings. The van der Waals surface area contributed by atoms with E-state index in [1.54, 1.807) is 15.5 Å². The number of fused-ring (bicyclic) bond motifs is 2. The van der Waals surface area contributed by atoms with Crippen LogP contribution in [0.5, 0.6) is 0 Å². The summed E-state index contributed by atoms with van der Waals surface area (Å²) in [4.78, 5) is 32.5. The van der Waals surface area contributed by atoms with Crippen LogP contribution in [0.3, 0.4) is 0 Å². The number of unbranched alkanes of at least 4 members (excludes halogenated alkanes) is 2. The fraction of sp³-hybridized carbons (Fsp3) is 0.348. The van der Waals surface area contributed by atoms with Crippen molar-refractivity contribution in [1.29, 1.82) is 0 Å². The minimum atomic E-state index is -0.237. The summed E-state index contributed by atoms with van der Waals surface area (Å²) in [5.41, 5.74) is 3.01. The lowest BCUT2D eigenvalue weighted by Gasteiger charge is -2.21. The van der Waals surface area contributed by atoms with Crippen LogP contribution in [0.2, 0.25) is 0 Å². The van der Waals surface area contributed by atoms with E-state index in [9.17, 15) is 9.59 Å². The molecule has 150 valence electrons. The van der Waals surface area contributed by atoms with E-state index < -0.39 is 0 Å². The van der Waals surface area contributed by atoms with E-state index >= 15 is 0 Å². The Bertz CT molecular complexity index is 1060. The highest BCUT2D eigenvalue weighted by molar-refractivity contribution is 6.08. The Balaban J connectivity index is 1.68. The minimum absolute atomic E-state index is 0.0438. The summed E-state index contributed by atoms with van der Waals surface area (Å²) in [5.74, 6) is -0.157. The number of imidazole rings is 1. The molecule has 6 nitrogen and oxygen atoms in total. The first-order valence-electron chi connectivity index (χ1n) is 10.3. The second kappa shape index (κ2) is 8.07. The molecule has 2 amide bonds. The van der Waals surface area contributed by atoms with Gasteiger partial charge < -0.3 is 10.2 Å². The van der Waals surface area contributed by atoms with E-state index in [1.807, 2.05) is 43.3 Å². The van der Waals surface area contributed by atoms with Crippen molar-refractivity contribution >= 4 is 23.0 Å². The van der Waals surface area contributed by atoms with Gasteiger partial charge in [0.25, 0.3) is 11.8 Å². The van der Waals surface area contributed by atoms with Crippen molar-refractivity contribution < 1.29 is 9.59 Å². The number of amides is 2. The van der Waals surface area contributed by atoms with Crippen molar-refractivity contribution in [3.8, 4) is 0 Å². The molecular formula is C23H26N4O2. The number of carbonyl (C=O) groups is 2. The molecule has 0 bridgehead atoms. The van der Waals surface area contributed by atoms with Crippen molar-refractivity contribution in [3.05, 3.63) is 65.7 Å². The first-order valence-corrected chi connectivity index (χ1v) is 10.3. The number of benzene rings is 1. The quantitative estimate of drug-likeness (QED) is 0.650. The van der Waals surface area contributed by atoms with E-state index in [4.69, 9.17) is 0 Å². The van der Waals surface area contributed by atoms with E-state index in [0.717, 1.165) is 36.9 Å². The average molecular weight is 390 g/mol. The fourth-order valence-electron chi connectivity index (χ4n) is 4.00. The number of nitrogens with zero attached hydrogens (tertiary/aromatic N) is 3. The Morgan fingerprint density at radius 2 is 1.93 bits per heavy atom. The second-order valence-corrected chi connectivity index (χ2v) is 7.56. The zero-order chi connectivity index (χ0) is 20.4. The van der Waals surface area contributed by atoms with E-state index in [2.05, 4.69) is 23.3 Å². The molecule has 2 aromatic heterocycles. The van der Waals surface area contributed by atoms with Crippen LogP contribution in [0.15, 0.2) is 48.7 Å². The summed E-state index contributed by atoms with van der Waals surface area (Å²) in [6.45, 7) is 4.77. The number of hydrogen-bond acceptors (Lipinski definition) is 3. The summed E-state index contributed by atoms with van der Waals surface area (Å²) < 4.78 is 1.72. The van der Waals surface area contributed by atoms with Gasteiger partial charge in [-0.15, -0.1) is 0 Å². The Hall–Kier alpha value is -3.15. The van der Waals surface area contributed by atoms with Gasteiger partial charge in [0.2, 0.25) is 5.82 Å².